The van der Waals surface area contributed by atoms with E-state index in [1.54, 1.807) is 33.4 Å². The van der Waals surface area contributed by atoms with E-state index in [1.165, 1.54) is 5.01 Å². The van der Waals surface area contributed by atoms with Gasteiger partial charge in [-0.3, -0.25) is 19.3 Å². The average molecular weight is 468 g/mol. The Hall–Kier alpha value is -2.01. The number of piperidine rings is 1. The Morgan fingerprint density at radius 3 is 2.75 bits per heavy atom. The van der Waals surface area contributed by atoms with Crippen molar-refractivity contribution in [2.24, 2.45) is 11.8 Å². The zero-order valence-corrected chi connectivity index (χ0v) is 19.8. The van der Waals surface area contributed by atoms with E-state index < -0.39 is 6.29 Å². The summed E-state index contributed by atoms with van der Waals surface area (Å²) in [5.41, 5.74) is 3.13. The van der Waals surface area contributed by atoms with Crippen LogP contribution in [-0.4, -0.2) is 99.6 Å². The molecule has 4 atom stereocenters. The minimum Gasteiger partial charge on any atom is -0.466 e. The fraction of sp³-hybridized carbons (Fsp3) is 0.810. The van der Waals surface area contributed by atoms with Crippen LogP contribution in [0.1, 0.15) is 40.0 Å². The number of nitrogens with one attached hydrogen (secondary N) is 1. The Bertz CT molecular complexity index is 780. The number of fused-ring (bicyclic) bond motifs is 3. The maximum atomic E-state index is 13.3. The van der Waals surface area contributed by atoms with E-state index in [9.17, 15) is 19.2 Å². The molecular weight excluding hydrogens is 434 g/mol. The number of nitrogens with zero attached hydrogens (tertiary/aromatic N) is 4. The van der Waals surface area contributed by atoms with Gasteiger partial charge in [-0.25, -0.2) is 9.80 Å². The number of esters is 1. The molecule has 10 nitrogen and oxygen atoms in total. The molecular formula is C21H33N5O5S. The van der Waals surface area contributed by atoms with Gasteiger partial charge in [0.15, 0.2) is 6.29 Å². The summed E-state index contributed by atoms with van der Waals surface area (Å²) >= 11 is 1.61. The molecule has 0 aromatic rings. The summed E-state index contributed by atoms with van der Waals surface area (Å²) in [4.78, 5) is 56.7. The molecule has 0 aromatic carbocycles. The SMILES string of the molecule is CCOC(=O)C1CCCN(C(=O)CN2NC3N(CC(C)C)C(=O)C4SCCC4N3C2=O)C1. The van der Waals surface area contributed by atoms with Crippen molar-refractivity contribution in [2.75, 3.05) is 38.5 Å². The van der Waals surface area contributed by atoms with E-state index in [1.807, 2.05) is 13.8 Å². The summed E-state index contributed by atoms with van der Waals surface area (Å²) < 4.78 is 5.12. The lowest BCUT2D eigenvalue weighted by atomic mass is 9.98. The van der Waals surface area contributed by atoms with Gasteiger partial charge in [-0.2, -0.15) is 5.43 Å². The van der Waals surface area contributed by atoms with Crippen molar-refractivity contribution in [1.29, 1.82) is 0 Å². The van der Waals surface area contributed by atoms with Crippen LogP contribution in [0.25, 0.3) is 0 Å². The highest BCUT2D eigenvalue weighted by atomic mass is 32.2. The van der Waals surface area contributed by atoms with Crippen LogP contribution in [0.2, 0.25) is 0 Å². The number of carbonyl (C=O) groups excluding carboxylic acids is 4. The van der Waals surface area contributed by atoms with E-state index in [4.69, 9.17) is 4.74 Å². The maximum Gasteiger partial charge on any atom is 0.337 e. The number of hydrogen-bond acceptors (Lipinski definition) is 7. The molecule has 4 heterocycles. The molecule has 4 rings (SSSR count). The summed E-state index contributed by atoms with van der Waals surface area (Å²) in [5.74, 6) is 0.356. The van der Waals surface area contributed by atoms with E-state index in [0.717, 1.165) is 18.6 Å². The molecule has 178 valence electrons. The number of likely N-dealkylation sites (tertiary alicyclic amines) is 1. The van der Waals surface area contributed by atoms with Crippen LogP contribution in [0.15, 0.2) is 0 Å². The highest BCUT2D eigenvalue weighted by Gasteiger charge is 2.56. The van der Waals surface area contributed by atoms with Gasteiger partial charge >= 0.3 is 12.0 Å². The van der Waals surface area contributed by atoms with Crippen LogP contribution in [-0.2, 0) is 19.1 Å². The highest BCUT2D eigenvalue weighted by molar-refractivity contribution is 8.00. The lowest BCUT2D eigenvalue weighted by Gasteiger charge is -2.44. The Kier molecular flexibility index (Phi) is 6.85. The number of ether oxygens (including phenoxy) is 1. The summed E-state index contributed by atoms with van der Waals surface area (Å²) in [7, 11) is 0. The first-order valence-electron chi connectivity index (χ1n) is 11.5. The smallest absolute Gasteiger partial charge is 0.337 e. The number of carbonyl (C=O) groups is 4. The number of rotatable bonds is 6. The molecule has 4 unspecified atom stereocenters. The number of hydrazine groups is 1. The topological polar surface area (TPSA) is 102 Å². The van der Waals surface area contributed by atoms with Crippen molar-refractivity contribution in [3.8, 4) is 0 Å². The molecule has 4 amide bonds. The predicted octanol–water partition coefficient (Wildman–Crippen LogP) is 0.686. The van der Waals surface area contributed by atoms with Crippen molar-refractivity contribution in [3.05, 3.63) is 0 Å². The molecule has 0 radical (unpaired) electrons. The molecule has 0 bridgehead atoms. The lowest BCUT2D eigenvalue weighted by molar-refractivity contribution is -0.151. The second kappa shape index (κ2) is 9.46. The molecule has 0 aromatic heterocycles. The first kappa shape index (κ1) is 23.2. The minimum atomic E-state index is -0.557. The third kappa shape index (κ3) is 4.28. The quantitative estimate of drug-likeness (QED) is 0.573. The first-order valence-corrected chi connectivity index (χ1v) is 12.6. The summed E-state index contributed by atoms with van der Waals surface area (Å²) in [5, 5.41) is 1.10. The first-order chi connectivity index (χ1) is 15.3. The number of hydrogen-bond donors (Lipinski definition) is 1. The summed E-state index contributed by atoms with van der Waals surface area (Å²) in [6.45, 7) is 7.45. The molecule has 4 aliphatic rings. The van der Waals surface area contributed by atoms with Crippen molar-refractivity contribution >= 4 is 35.6 Å². The molecule has 4 fully saturated rings. The Morgan fingerprint density at radius 1 is 1.25 bits per heavy atom. The van der Waals surface area contributed by atoms with Crippen LogP contribution >= 0.6 is 11.8 Å². The predicted molar refractivity (Wildman–Crippen MR) is 118 cm³/mol. The Labute approximate surface area is 192 Å². The zero-order chi connectivity index (χ0) is 23.0. The van der Waals surface area contributed by atoms with E-state index in [-0.39, 0.29) is 53.5 Å². The Balaban J connectivity index is 1.45. The van der Waals surface area contributed by atoms with Crippen molar-refractivity contribution < 1.29 is 23.9 Å². The van der Waals surface area contributed by atoms with Crippen molar-refractivity contribution in [1.82, 2.24) is 25.1 Å². The van der Waals surface area contributed by atoms with Gasteiger partial charge in [0.05, 0.1) is 18.6 Å². The fourth-order valence-corrected chi connectivity index (χ4v) is 6.41. The van der Waals surface area contributed by atoms with Gasteiger partial charge < -0.3 is 14.5 Å². The van der Waals surface area contributed by atoms with Gasteiger partial charge in [0, 0.05) is 19.6 Å². The van der Waals surface area contributed by atoms with Crippen LogP contribution in [0.3, 0.4) is 0 Å². The lowest BCUT2D eigenvalue weighted by Crippen LogP contribution is -2.66. The molecule has 0 saturated carbocycles. The van der Waals surface area contributed by atoms with Gasteiger partial charge in [-0.1, -0.05) is 13.8 Å². The van der Waals surface area contributed by atoms with Gasteiger partial charge in [0.1, 0.15) is 11.8 Å². The Morgan fingerprint density at radius 2 is 2.03 bits per heavy atom. The minimum absolute atomic E-state index is 0.0641. The van der Waals surface area contributed by atoms with Crippen LogP contribution in [0, 0.1) is 11.8 Å². The van der Waals surface area contributed by atoms with Crippen molar-refractivity contribution in [2.45, 2.75) is 57.6 Å². The van der Waals surface area contributed by atoms with Crippen LogP contribution < -0.4 is 5.43 Å². The van der Waals surface area contributed by atoms with Gasteiger partial charge in [-0.15, -0.1) is 11.8 Å². The van der Waals surface area contributed by atoms with E-state index in [0.29, 0.717) is 32.7 Å². The number of amides is 4. The molecule has 11 heteroatoms. The van der Waals surface area contributed by atoms with E-state index in [2.05, 4.69) is 5.43 Å². The van der Waals surface area contributed by atoms with Crippen molar-refractivity contribution in [3.63, 3.8) is 0 Å². The number of thioether (sulfide) groups is 1. The second-order valence-electron chi connectivity index (χ2n) is 9.24. The van der Waals surface area contributed by atoms with Gasteiger partial charge in [-0.05, 0) is 37.9 Å². The zero-order valence-electron chi connectivity index (χ0n) is 19.0. The monoisotopic (exact) mass is 467 g/mol. The fourth-order valence-electron chi connectivity index (χ4n) is 5.01. The maximum absolute atomic E-state index is 13.3. The van der Waals surface area contributed by atoms with Gasteiger partial charge in [0.25, 0.3) is 0 Å². The second-order valence-corrected chi connectivity index (χ2v) is 10.5. The molecule has 32 heavy (non-hydrogen) atoms. The largest absolute Gasteiger partial charge is 0.466 e. The average Bonchev–Trinajstić information content (AvgIpc) is 3.36. The van der Waals surface area contributed by atoms with Crippen LogP contribution in [0.5, 0.6) is 0 Å². The van der Waals surface area contributed by atoms with Gasteiger partial charge in [0.2, 0.25) is 11.8 Å². The normalized spacial score (nSPS) is 30.1. The van der Waals surface area contributed by atoms with Crippen LogP contribution in [0.4, 0.5) is 4.79 Å². The summed E-state index contributed by atoms with van der Waals surface area (Å²) in [6, 6.07) is -0.412. The van der Waals surface area contributed by atoms with E-state index >= 15 is 0 Å². The summed E-state index contributed by atoms with van der Waals surface area (Å²) in [6.07, 6.45) is 1.64. The molecule has 4 aliphatic heterocycles. The third-order valence-electron chi connectivity index (χ3n) is 6.48. The molecule has 0 spiro atoms. The number of urea groups is 1. The third-order valence-corrected chi connectivity index (χ3v) is 7.82. The highest BCUT2D eigenvalue weighted by Crippen LogP contribution is 2.39. The molecule has 4 saturated heterocycles. The standard InChI is InChI=1S/C21H33N5O5S/c1-4-31-19(29)14-6-5-8-23(11-14)16(27)12-25-21(30)26-15-7-9-32-17(15)18(28)24(10-13(2)3)20(26)22-25/h13-15,17,20,22H,4-12H2,1-3H3. The molecule has 1 N–H and O–H groups in total. The molecule has 0 aliphatic carbocycles.